The Bertz CT molecular complexity index is 756. The van der Waals surface area contributed by atoms with Gasteiger partial charge in [-0.25, -0.2) is 9.67 Å². The summed E-state index contributed by atoms with van der Waals surface area (Å²) >= 11 is 6.05. The first-order valence-electron chi connectivity index (χ1n) is 7.95. The van der Waals surface area contributed by atoms with E-state index in [1.165, 1.54) is 6.33 Å². The minimum absolute atomic E-state index is 0.0699. The Morgan fingerprint density at radius 2 is 2.00 bits per heavy atom. The zero-order chi connectivity index (χ0) is 17.8. The normalized spacial score (nSPS) is 15.2. The van der Waals surface area contributed by atoms with E-state index in [1.54, 1.807) is 41.0 Å². The predicted octanol–water partition coefficient (Wildman–Crippen LogP) is 1.02. The van der Waals surface area contributed by atoms with Gasteiger partial charge in [-0.05, 0) is 18.2 Å². The summed E-state index contributed by atoms with van der Waals surface area (Å²) in [5.74, 6) is -0.0691. The van der Waals surface area contributed by atoms with Crippen LogP contribution in [0.4, 0.5) is 5.69 Å². The molecule has 1 aromatic carbocycles. The van der Waals surface area contributed by atoms with E-state index >= 15 is 0 Å². The number of hydrogen-bond acceptors (Lipinski definition) is 5. The third-order valence-electron chi connectivity index (χ3n) is 4.08. The summed E-state index contributed by atoms with van der Waals surface area (Å²) in [5, 5.41) is 7.50. The van der Waals surface area contributed by atoms with Crippen LogP contribution < -0.4 is 5.32 Å². The number of benzene rings is 1. The number of halogens is 1. The Balaban J connectivity index is 1.64. The molecule has 2 amide bonds. The second kappa shape index (κ2) is 7.62. The molecule has 0 unspecified atom stereocenters. The van der Waals surface area contributed by atoms with Crippen molar-refractivity contribution >= 4 is 29.1 Å². The van der Waals surface area contributed by atoms with E-state index in [-0.39, 0.29) is 18.4 Å². The summed E-state index contributed by atoms with van der Waals surface area (Å²) in [7, 11) is 0. The molecule has 1 aromatic heterocycles. The van der Waals surface area contributed by atoms with Crippen LogP contribution in [0.3, 0.4) is 0 Å². The van der Waals surface area contributed by atoms with Gasteiger partial charge in [-0.3, -0.25) is 14.5 Å². The molecule has 8 nitrogen and oxygen atoms in total. The first kappa shape index (κ1) is 17.4. The molecule has 0 atom stereocenters. The van der Waals surface area contributed by atoms with Crippen LogP contribution in [0.15, 0.2) is 30.9 Å². The van der Waals surface area contributed by atoms with Crippen molar-refractivity contribution in [2.45, 2.75) is 6.92 Å². The van der Waals surface area contributed by atoms with E-state index in [0.717, 1.165) is 0 Å². The topological polar surface area (TPSA) is 83.4 Å². The van der Waals surface area contributed by atoms with Gasteiger partial charge in [-0.15, -0.1) is 0 Å². The first-order valence-corrected chi connectivity index (χ1v) is 8.33. The van der Waals surface area contributed by atoms with E-state index < -0.39 is 0 Å². The van der Waals surface area contributed by atoms with Gasteiger partial charge in [0.15, 0.2) is 0 Å². The third-order valence-corrected chi connectivity index (χ3v) is 4.32. The van der Waals surface area contributed by atoms with Gasteiger partial charge in [0.1, 0.15) is 12.7 Å². The molecule has 1 fully saturated rings. The van der Waals surface area contributed by atoms with Crippen LogP contribution in [0.25, 0.3) is 5.69 Å². The third kappa shape index (κ3) is 4.34. The highest BCUT2D eigenvalue weighted by atomic mass is 35.5. The molecule has 3 rings (SSSR count). The van der Waals surface area contributed by atoms with E-state index in [2.05, 4.69) is 15.4 Å². The molecule has 0 spiro atoms. The lowest BCUT2D eigenvalue weighted by molar-refractivity contribution is -0.130. The number of nitrogens with zero attached hydrogens (tertiary/aromatic N) is 5. The maximum absolute atomic E-state index is 12.4. The number of carbonyl (C=O) groups is 2. The van der Waals surface area contributed by atoms with Gasteiger partial charge >= 0.3 is 0 Å². The lowest BCUT2D eigenvalue weighted by atomic mass is 10.2. The fourth-order valence-electron chi connectivity index (χ4n) is 2.75. The highest BCUT2D eigenvalue weighted by Gasteiger charge is 2.20. The SMILES string of the molecule is CC(=O)N1CCN(CC(=O)Nc2cc(Cl)ccc2-n2cncn2)CC1. The molecule has 0 radical (unpaired) electrons. The van der Waals surface area contributed by atoms with Crippen molar-refractivity contribution in [3.8, 4) is 5.69 Å². The van der Waals surface area contributed by atoms with Crippen LogP contribution in [0.5, 0.6) is 0 Å². The molecule has 2 heterocycles. The molecule has 1 aliphatic heterocycles. The maximum atomic E-state index is 12.4. The molecule has 1 aliphatic rings. The van der Waals surface area contributed by atoms with Gasteiger partial charge in [0.05, 0.1) is 17.9 Å². The zero-order valence-electron chi connectivity index (χ0n) is 13.9. The molecule has 0 saturated carbocycles. The average molecular weight is 363 g/mol. The minimum atomic E-state index is -0.139. The van der Waals surface area contributed by atoms with Crippen molar-refractivity contribution < 1.29 is 9.59 Å². The number of rotatable bonds is 4. The molecule has 2 aromatic rings. The highest BCUT2D eigenvalue weighted by molar-refractivity contribution is 6.31. The Kier molecular flexibility index (Phi) is 5.30. The van der Waals surface area contributed by atoms with Crippen LogP contribution in [0.1, 0.15) is 6.92 Å². The molecular weight excluding hydrogens is 344 g/mol. The number of aromatic nitrogens is 3. The summed E-state index contributed by atoms with van der Waals surface area (Å²) in [5.41, 5.74) is 1.27. The molecule has 0 bridgehead atoms. The molecular formula is C16H19ClN6O2. The van der Waals surface area contributed by atoms with Crippen molar-refractivity contribution in [2.75, 3.05) is 38.0 Å². The van der Waals surface area contributed by atoms with Crippen LogP contribution in [0.2, 0.25) is 5.02 Å². The van der Waals surface area contributed by atoms with Gasteiger partial charge in [0.2, 0.25) is 11.8 Å². The minimum Gasteiger partial charge on any atom is -0.340 e. The van der Waals surface area contributed by atoms with Crippen LogP contribution in [-0.4, -0.2) is 69.1 Å². The largest absolute Gasteiger partial charge is 0.340 e. The molecule has 1 N–H and O–H groups in total. The molecule has 0 aliphatic carbocycles. The quantitative estimate of drug-likeness (QED) is 0.878. The number of anilines is 1. The van der Waals surface area contributed by atoms with E-state index in [4.69, 9.17) is 11.6 Å². The summed E-state index contributed by atoms with van der Waals surface area (Å²) in [4.78, 5) is 31.5. The Morgan fingerprint density at radius 1 is 1.24 bits per heavy atom. The summed E-state index contributed by atoms with van der Waals surface area (Å²) < 4.78 is 1.57. The van der Waals surface area contributed by atoms with Gasteiger partial charge in [0.25, 0.3) is 0 Å². The summed E-state index contributed by atoms with van der Waals surface area (Å²) in [6, 6.07) is 5.19. The maximum Gasteiger partial charge on any atom is 0.238 e. The van der Waals surface area contributed by atoms with Crippen LogP contribution >= 0.6 is 11.6 Å². The molecule has 25 heavy (non-hydrogen) atoms. The number of piperazine rings is 1. The highest BCUT2D eigenvalue weighted by Crippen LogP contribution is 2.24. The van der Waals surface area contributed by atoms with Gasteiger partial charge in [-0.1, -0.05) is 11.6 Å². The number of carbonyl (C=O) groups excluding carboxylic acids is 2. The van der Waals surface area contributed by atoms with Gasteiger partial charge < -0.3 is 10.2 Å². The lowest BCUT2D eigenvalue weighted by Gasteiger charge is -2.33. The average Bonchev–Trinajstić information content (AvgIpc) is 3.09. The number of hydrogen-bond donors (Lipinski definition) is 1. The fourth-order valence-corrected chi connectivity index (χ4v) is 2.93. The molecule has 132 valence electrons. The van der Waals surface area contributed by atoms with Crippen molar-refractivity contribution in [1.82, 2.24) is 24.6 Å². The second-order valence-electron chi connectivity index (χ2n) is 5.83. The van der Waals surface area contributed by atoms with Crippen molar-refractivity contribution in [3.63, 3.8) is 0 Å². The lowest BCUT2D eigenvalue weighted by Crippen LogP contribution is -2.49. The zero-order valence-corrected chi connectivity index (χ0v) is 14.6. The molecule has 1 saturated heterocycles. The summed E-state index contributed by atoms with van der Waals surface area (Å²) in [6.45, 7) is 4.47. The van der Waals surface area contributed by atoms with E-state index in [1.807, 2.05) is 4.90 Å². The monoisotopic (exact) mass is 362 g/mol. The number of amides is 2. The Labute approximate surface area is 150 Å². The smallest absolute Gasteiger partial charge is 0.238 e. The standard InChI is InChI=1S/C16H19ClN6O2/c1-12(24)22-6-4-21(5-7-22)9-16(25)20-14-8-13(17)2-3-15(14)23-11-18-10-19-23/h2-3,8,10-11H,4-7,9H2,1H3,(H,20,25). The fraction of sp³-hybridized carbons (Fsp3) is 0.375. The predicted molar refractivity (Wildman–Crippen MR) is 93.7 cm³/mol. The molecule has 9 heteroatoms. The first-order chi connectivity index (χ1) is 12.0. The van der Waals surface area contributed by atoms with Crippen LogP contribution in [0, 0.1) is 0 Å². The Morgan fingerprint density at radius 3 is 2.64 bits per heavy atom. The summed E-state index contributed by atoms with van der Waals surface area (Å²) in [6.07, 6.45) is 2.98. The second-order valence-corrected chi connectivity index (χ2v) is 6.27. The van der Waals surface area contributed by atoms with Crippen molar-refractivity contribution in [2.24, 2.45) is 0 Å². The van der Waals surface area contributed by atoms with Crippen molar-refractivity contribution in [1.29, 1.82) is 0 Å². The van der Waals surface area contributed by atoms with E-state index in [0.29, 0.717) is 42.6 Å². The van der Waals surface area contributed by atoms with Crippen LogP contribution in [-0.2, 0) is 9.59 Å². The van der Waals surface area contributed by atoms with Crippen molar-refractivity contribution in [3.05, 3.63) is 35.9 Å². The van der Waals surface area contributed by atoms with Gasteiger partial charge in [-0.2, -0.15) is 5.10 Å². The van der Waals surface area contributed by atoms with Gasteiger partial charge in [0, 0.05) is 38.1 Å². The van der Waals surface area contributed by atoms with E-state index in [9.17, 15) is 9.59 Å². The Hall–Kier alpha value is -2.45. The number of nitrogens with one attached hydrogen (secondary N) is 1.